The van der Waals surface area contributed by atoms with Gasteiger partial charge >= 0.3 is 0 Å². The molecule has 1 N–H and O–H groups in total. The molecule has 0 aromatic heterocycles. The number of piperidine rings is 1. The molecule has 22 heavy (non-hydrogen) atoms. The molecule has 2 rings (SSSR count). The SMILES string of the molecule is CC(C)C[C@H](C(=O)N[C@H]1CCC[C@H](C)C1)N1CCCCC1=O. The van der Waals surface area contributed by atoms with Crippen molar-refractivity contribution in [3.63, 3.8) is 0 Å². The van der Waals surface area contributed by atoms with Crippen molar-refractivity contribution in [2.24, 2.45) is 11.8 Å². The lowest BCUT2D eigenvalue weighted by Gasteiger charge is -2.36. The molecule has 4 heteroatoms. The highest BCUT2D eigenvalue weighted by atomic mass is 16.2. The maximum Gasteiger partial charge on any atom is 0.243 e. The average molecular weight is 308 g/mol. The van der Waals surface area contributed by atoms with E-state index in [0.29, 0.717) is 24.3 Å². The van der Waals surface area contributed by atoms with Crippen LogP contribution in [0.3, 0.4) is 0 Å². The van der Waals surface area contributed by atoms with Crippen LogP contribution in [-0.4, -0.2) is 35.3 Å². The maximum absolute atomic E-state index is 12.8. The standard InChI is InChI=1S/C18H32N2O2/c1-13(2)11-16(20-10-5-4-9-17(20)21)18(22)19-15-8-6-7-14(3)12-15/h13-16H,4-12H2,1-3H3,(H,19,22)/t14-,15-,16+/m0/s1. The molecule has 2 amide bonds. The summed E-state index contributed by atoms with van der Waals surface area (Å²) in [4.78, 5) is 26.8. The van der Waals surface area contributed by atoms with Crippen LogP contribution in [0, 0.1) is 11.8 Å². The van der Waals surface area contributed by atoms with Crippen LogP contribution < -0.4 is 5.32 Å². The molecule has 126 valence electrons. The highest BCUT2D eigenvalue weighted by molar-refractivity contribution is 5.88. The zero-order valence-electron chi connectivity index (χ0n) is 14.4. The van der Waals surface area contributed by atoms with Crippen LogP contribution in [0.25, 0.3) is 0 Å². The number of amides is 2. The lowest BCUT2D eigenvalue weighted by atomic mass is 9.87. The summed E-state index contributed by atoms with van der Waals surface area (Å²) >= 11 is 0. The van der Waals surface area contributed by atoms with Gasteiger partial charge in [0.15, 0.2) is 0 Å². The van der Waals surface area contributed by atoms with Gasteiger partial charge < -0.3 is 10.2 Å². The van der Waals surface area contributed by atoms with Gasteiger partial charge in [-0.3, -0.25) is 9.59 Å². The minimum Gasteiger partial charge on any atom is -0.352 e. The van der Waals surface area contributed by atoms with E-state index in [-0.39, 0.29) is 17.9 Å². The van der Waals surface area contributed by atoms with Gasteiger partial charge in [0.1, 0.15) is 6.04 Å². The highest BCUT2D eigenvalue weighted by Crippen LogP contribution is 2.25. The van der Waals surface area contributed by atoms with Gasteiger partial charge in [-0.25, -0.2) is 0 Å². The van der Waals surface area contributed by atoms with Crippen molar-refractivity contribution in [1.82, 2.24) is 10.2 Å². The zero-order chi connectivity index (χ0) is 16.1. The Morgan fingerprint density at radius 2 is 2.05 bits per heavy atom. The Bertz CT molecular complexity index is 395. The van der Waals surface area contributed by atoms with Crippen LogP contribution in [0.5, 0.6) is 0 Å². The largest absolute Gasteiger partial charge is 0.352 e. The quantitative estimate of drug-likeness (QED) is 0.848. The van der Waals surface area contributed by atoms with Gasteiger partial charge in [-0.2, -0.15) is 0 Å². The molecule has 0 unspecified atom stereocenters. The van der Waals surface area contributed by atoms with Crippen molar-refractivity contribution in [3.8, 4) is 0 Å². The minimum absolute atomic E-state index is 0.0723. The molecule has 0 spiro atoms. The first-order valence-corrected chi connectivity index (χ1v) is 9.07. The third-order valence-corrected chi connectivity index (χ3v) is 5.02. The summed E-state index contributed by atoms with van der Waals surface area (Å²) in [5.41, 5.74) is 0. The van der Waals surface area contributed by atoms with Crippen molar-refractivity contribution >= 4 is 11.8 Å². The van der Waals surface area contributed by atoms with Crippen LogP contribution >= 0.6 is 0 Å². The predicted molar refractivity (Wildman–Crippen MR) is 88.4 cm³/mol. The molecular formula is C18H32N2O2. The Morgan fingerprint density at radius 1 is 1.27 bits per heavy atom. The summed E-state index contributed by atoms with van der Waals surface area (Å²) in [6.07, 6.45) is 7.98. The highest BCUT2D eigenvalue weighted by Gasteiger charge is 2.33. The first-order chi connectivity index (χ1) is 10.5. The second-order valence-corrected chi connectivity index (χ2v) is 7.67. The van der Waals surface area contributed by atoms with E-state index < -0.39 is 0 Å². The molecule has 0 aromatic carbocycles. The third kappa shape index (κ3) is 4.72. The smallest absolute Gasteiger partial charge is 0.243 e. The van der Waals surface area contributed by atoms with Crippen molar-refractivity contribution < 1.29 is 9.59 Å². The number of hydrogen-bond acceptors (Lipinski definition) is 2. The second-order valence-electron chi connectivity index (χ2n) is 7.67. The average Bonchev–Trinajstić information content (AvgIpc) is 2.45. The van der Waals surface area contributed by atoms with Gasteiger partial charge in [0.05, 0.1) is 0 Å². The Labute approximate surface area is 135 Å². The molecule has 0 radical (unpaired) electrons. The molecule has 2 fully saturated rings. The summed E-state index contributed by atoms with van der Waals surface area (Å²) in [6.45, 7) is 7.25. The van der Waals surface area contributed by atoms with E-state index in [2.05, 4.69) is 26.1 Å². The van der Waals surface area contributed by atoms with Gasteiger partial charge in [0, 0.05) is 19.0 Å². The van der Waals surface area contributed by atoms with Crippen molar-refractivity contribution in [3.05, 3.63) is 0 Å². The lowest BCUT2D eigenvalue weighted by molar-refractivity contribution is -0.143. The number of carbonyl (C=O) groups excluding carboxylic acids is 2. The molecule has 1 heterocycles. The number of carbonyl (C=O) groups is 2. The van der Waals surface area contributed by atoms with E-state index in [0.717, 1.165) is 38.6 Å². The monoisotopic (exact) mass is 308 g/mol. The molecule has 0 aromatic rings. The first kappa shape index (κ1) is 17.3. The molecule has 4 nitrogen and oxygen atoms in total. The second kappa shape index (κ2) is 7.98. The zero-order valence-corrected chi connectivity index (χ0v) is 14.4. The third-order valence-electron chi connectivity index (χ3n) is 5.02. The summed E-state index contributed by atoms with van der Waals surface area (Å²) in [5.74, 6) is 1.34. The predicted octanol–water partition coefficient (Wildman–Crippen LogP) is 3.11. The van der Waals surface area contributed by atoms with Gasteiger partial charge in [0.2, 0.25) is 11.8 Å². The Morgan fingerprint density at radius 3 is 2.68 bits per heavy atom. The maximum atomic E-state index is 12.8. The van der Waals surface area contributed by atoms with E-state index in [1.165, 1.54) is 12.8 Å². The summed E-state index contributed by atoms with van der Waals surface area (Å²) in [5, 5.41) is 3.24. The molecule has 0 bridgehead atoms. The van der Waals surface area contributed by atoms with E-state index in [9.17, 15) is 9.59 Å². The van der Waals surface area contributed by atoms with Crippen molar-refractivity contribution in [1.29, 1.82) is 0 Å². The normalized spacial score (nSPS) is 27.8. The summed E-state index contributed by atoms with van der Waals surface area (Å²) < 4.78 is 0. The van der Waals surface area contributed by atoms with Gasteiger partial charge in [0.25, 0.3) is 0 Å². The fraction of sp³-hybridized carbons (Fsp3) is 0.889. The van der Waals surface area contributed by atoms with E-state index in [4.69, 9.17) is 0 Å². The molecule has 1 aliphatic carbocycles. The molecular weight excluding hydrogens is 276 g/mol. The number of hydrogen-bond donors (Lipinski definition) is 1. The topological polar surface area (TPSA) is 49.4 Å². The summed E-state index contributed by atoms with van der Waals surface area (Å²) in [6, 6.07) is 0.0239. The minimum atomic E-state index is -0.273. The number of nitrogens with zero attached hydrogens (tertiary/aromatic N) is 1. The van der Waals surface area contributed by atoms with Crippen LogP contribution in [0.4, 0.5) is 0 Å². The molecule has 1 saturated carbocycles. The van der Waals surface area contributed by atoms with Crippen LogP contribution in [0.15, 0.2) is 0 Å². The fourth-order valence-corrected chi connectivity index (χ4v) is 3.84. The lowest BCUT2D eigenvalue weighted by Crippen LogP contribution is -2.54. The van der Waals surface area contributed by atoms with Crippen LogP contribution in [0.1, 0.15) is 72.1 Å². The molecule has 2 aliphatic rings. The Balaban J connectivity index is 2.00. The van der Waals surface area contributed by atoms with E-state index in [1.54, 1.807) is 0 Å². The Hall–Kier alpha value is -1.06. The summed E-state index contributed by atoms with van der Waals surface area (Å²) in [7, 11) is 0. The van der Waals surface area contributed by atoms with Crippen molar-refractivity contribution in [2.75, 3.05) is 6.54 Å². The van der Waals surface area contributed by atoms with E-state index >= 15 is 0 Å². The molecule has 3 atom stereocenters. The molecule has 1 aliphatic heterocycles. The first-order valence-electron chi connectivity index (χ1n) is 9.07. The Kier molecular flexibility index (Phi) is 6.27. The van der Waals surface area contributed by atoms with E-state index in [1.807, 2.05) is 4.90 Å². The van der Waals surface area contributed by atoms with Crippen molar-refractivity contribution in [2.45, 2.75) is 84.2 Å². The van der Waals surface area contributed by atoms with Crippen LogP contribution in [0.2, 0.25) is 0 Å². The van der Waals surface area contributed by atoms with Crippen LogP contribution in [-0.2, 0) is 9.59 Å². The fourth-order valence-electron chi connectivity index (χ4n) is 3.84. The number of likely N-dealkylation sites (tertiary alicyclic amines) is 1. The van der Waals surface area contributed by atoms with Gasteiger partial charge in [-0.05, 0) is 43.9 Å². The molecule has 1 saturated heterocycles. The van der Waals surface area contributed by atoms with Gasteiger partial charge in [-0.1, -0.05) is 33.6 Å². The number of nitrogens with one attached hydrogen (secondary N) is 1. The van der Waals surface area contributed by atoms with Gasteiger partial charge in [-0.15, -0.1) is 0 Å². The number of rotatable bonds is 5.